The summed E-state index contributed by atoms with van der Waals surface area (Å²) in [5, 5.41) is 10.3. The zero-order valence-corrected chi connectivity index (χ0v) is 7.54. The summed E-state index contributed by atoms with van der Waals surface area (Å²) < 4.78 is 28.8. The first kappa shape index (κ1) is 15.9. The van der Waals surface area contributed by atoms with Gasteiger partial charge in [0.15, 0.2) is 0 Å². The zero-order valence-electron chi connectivity index (χ0n) is 6.72. The quantitative estimate of drug-likeness (QED) is 0.365. The van der Waals surface area contributed by atoms with Crippen LogP contribution >= 0.6 is 0 Å². The van der Waals surface area contributed by atoms with Crippen LogP contribution in [-0.2, 0) is 19.7 Å². The van der Waals surface area contributed by atoms with Crippen molar-refractivity contribution in [1.82, 2.24) is 5.32 Å². The van der Waals surface area contributed by atoms with Crippen molar-refractivity contribution in [2.24, 2.45) is 0 Å². The third kappa shape index (κ3) is 8.06. The van der Waals surface area contributed by atoms with Crippen molar-refractivity contribution in [2.45, 2.75) is 13.0 Å². The summed E-state index contributed by atoms with van der Waals surface area (Å²) in [7, 11) is -4.41. The Balaban J connectivity index is 0. The Hall–Kier alpha value is -0.553. The molecule has 14 heavy (non-hydrogen) atoms. The van der Waals surface area contributed by atoms with E-state index in [1.54, 1.807) is 0 Å². The molecule has 0 heterocycles. The standard InChI is InChI=1S/C5H9NO6S.Li.H/c1-3(7)6-4(5(8)9)2-13(10,11)12;;/h4H,2H2,1H3,(H,6,7)(H,8,9)(H,10,11,12);;/t4-;;/m1../s1. The normalized spacial score (nSPS) is 12.4. The number of carbonyl (C=O) groups excluding carboxylic acids is 1. The van der Waals surface area contributed by atoms with Gasteiger partial charge in [-0.2, -0.15) is 8.42 Å². The fraction of sp³-hybridized carbons (Fsp3) is 0.600. The number of carboxylic acid groups (broad SMARTS) is 1. The first-order valence-electron chi connectivity index (χ1n) is 3.17. The second-order valence-electron chi connectivity index (χ2n) is 2.34. The first-order chi connectivity index (χ1) is 5.72. The maximum atomic E-state index is 10.4. The number of aliphatic carboxylic acids is 1. The maximum absolute atomic E-state index is 10.4. The molecule has 0 unspecified atom stereocenters. The second-order valence-corrected chi connectivity index (χ2v) is 3.84. The predicted octanol–water partition coefficient (Wildman–Crippen LogP) is -2.18. The number of rotatable bonds is 4. The molecule has 7 nitrogen and oxygen atoms in total. The fourth-order valence-corrected chi connectivity index (χ4v) is 1.28. The Morgan fingerprint density at radius 2 is 1.86 bits per heavy atom. The van der Waals surface area contributed by atoms with E-state index in [2.05, 4.69) is 0 Å². The number of nitrogens with one attached hydrogen (secondary N) is 1. The van der Waals surface area contributed by atoms with Crippen molar-refractivity contribution in [3.63, 3.8) is 0 Å². The molecule has 0 aromatic heterocycles. The van der Waals surface area contributed by atoms with Gasteiger partial charge in [0, 0.05) is 6.92 Å². The van der Waals surface area contributed by atoms with Gasteiger partial charge in [0.2, 0.25) is 5.91 Å². The second kappa shape index (κ2) is 6.03. The van der Waals surface area contributed by atoms with Crippen molar-refractivity contribution in [2.75, 3.05) is 5.75 Å². The molecule has 0 spiro atoms. The molecular weight excluding hydrogens is 209 g/mol. The molecule has 0 saturated heterocycles. The minimum absolute atomic E-state index is 0. The van der Waals surface area contributed by atoms with Gasteiger partial charge in [0.25, 0.3) is 10.1 Å². The summed E-state index contributed by atoms with van der Waals surface area (Å²) in [6, 6.07) is -1.62. The summed E-state index contributed by atoms with van der Waals surface area (Å²) in [5.74, 6) is -3.24. The summed E-state index contributed by atoms with van der Waals surface area (Å²) in [5.41, 5.74) is 0. The molecule has 1 atom stereocenters. The van der Waals surface area contributed by atoms with E-state index in [0.717, 1.165) is 6.92 Å². The van der Waals surface area contributed by atoms with Crippen LogP contribution in [0.15, 0.2) is 0 Å². The van der Waals surface area contributed by atoms with Gasteiger partial charge in [-0.25, -0.2) is 4.79 Å². The molecule has 0 aromatic rings. The number of carboxylic acids is 1. The molecule has 0 aliphatic heterocycles. The molecular formula is C5H10LiNO6S. The summed E-state index contributed by atoms with van der Waals surface area (Å²) in [6.07, 6.45) is 0. The molecule has 0 aliphatic rings. The summed E-state index contributed by atoms with van der Waals surface area (Å²) in [4.78, 5) is 20.7. The number of carbonyl (C=O) groups is 2. The number of hydrogen-bond acceptors (Lipinski definition) is 4. The SMILES string of the molecule is CC(=O)N[C@H](CS(=O)(=O)O)C(=O)O.[LiH]. The first-order valence-corrected chi connectivity index (χ1v) is 4.78. The Morgan fingerprint density at radius 1 is 1.43 bits per heavy atom. The third-order valence-electron chi connectivity index (χ3n) is 1.05. The molecule has 0 aliphatic carbocycles. The van der Waals surface area contributed by atoms with Gasteiger partial charge >= 0.3 is 24.8 Å². The van der Waals surface area contributed by atoms with Crippen LogP contribution in [0.4, 0.5) is 0 Å². The Bertz CT molecular complexity index is 312. The third-order valence-corrected chi connectivity index (χ3v) is 1.81. The van der Waals surface area contributed by atoms with Crippen LogP contribution in [-0.4, -0.2) is 60.6 Å². The fourth-order valence-electron chi connectivity index (χ4n) is 0.631. The van der Waals surface area contributed by atoms with Crippen molar-refractivity contribution in [3.8, 4) is 0 Å². The van der Waals surface area contributed by atoms with Crippen molar-refractivity contribution >= 4 is 40.9 Å². The molecule has 0 saturated carbocycles. The van der Waals surface area contributed by atoms with E-state index in [4.69, 9.17) is 9.66 Å². The topological polar surface area (TPSA) is 121 Å². The average molecular weight is 219 g/mol. The Labute approximate surface area is 92.8 Å². The van der Waals surface area contributed by atoms with Crippen LogP contribution in [0.25, 0.3) is 0 Å². The van der Waals surface area contributed by atoms with Crippen molar-refractivity contribution < 1.29 is 27.7 Å². The van der Waals surface area contributed by atoms with E-state index in [1.165, 1.54) is 0 Å². The number of amides is 1. The monoisotopic (exact) mass is 219 g/mol. The van der Waals surface area contributed by atoms with Gasteiger partial charge < -0.3 is 10.4 Å². The molecule has 0 bridgehead atoms. The van der Waals surface area contributed by atoms with E-state index in [1.807, 2.05) is 5.32 Å². The van der Waals surface area contributed by atoms with Crippen molar-refractivity contribution in [3.05, 3.63) is 0 Å². The van der Waals surface area contributed by atoms with Gasteiger partial charge in [-0.05, 0) is 0 Å². The zero-order chi connectivity index (χ0) is 10.6. The van der Waals surface area contributed by atoms with E-state index in [9.17, 15) is 18.0 Å². The van der Waals surface area contributed by atoms with Crippen LogP contribution in [0.1, 0.15) is 6.92 Å². The average Bonchev–Trinajstić information content (AvgIpc) is 1.81. The molecule has 0 rings (SSSR count). The molecule has 9 heteroatoms. The van der Waals surface area contributed by atoms with Crippen LogP contribution in [0.3, 0.4) is 0 Å². The Kier molecular flexibility index (Phi) is 6.85. The van der Waals surface area contributed by atoms with Crippen LogP contribution in [0, 0.1) is 0 Å². The van der Waals surface area contributed by atoms with E-state index < -0.39 is 33.8 Å². The van der Waals surface area contributed by atoms with Gasteiger partial charge in [0.1, 0.15) is 11.8 Å². The summed E-state index contributed by atoms with van der Waals surface area (Å²) in [6.45, 7) is 1.04. The molecule has 3 N–H and O–H groups in total. The van der Waals surface area contributed by atoms with Crippen molar-refractivity contribution in [1.29, 1.82) is 0 Å². The van der Waals surface area contributed by atoms with E-state index in [-0.39, 0.29) is 18.9 Å². The van der Waals surface area contributed by atoms with E-state index >= 15 is 0 Å². The van der Waals surface area contributed by atoms with Gasteiger partial charge in [-0.1, -0.05) is 0 Å². The van der Waals surface area contributed by atoms with E-state index in [0.29, 0.717) is 0 Å². The van der Waals surface area contributed by atoms with Gasteiger partial charge in [-0.3, -0.25) is 9.35 Å². The molecule has 0 radical (unpaired) electrons. The Morgan fingerprint density at radius 3 is 2.07 bits per heavy atom. The molecule has 0 aromatic carbocycles. The predicted molar refractivity (Wildman–Crippen MR) is 48.8 cm³/mol. The molecule has 78 valence electrons. The van der Waals surface area contributed by atoms with Gasteiger partial charge in [0.05, 0.1) is 0 Å². The van der Waals surface area contributed by atoms with Crippen LogP contribution in [0.5, 0.6) is 0 Å². The minimum atomic E-state index is -4.41. The van der Waals surface area contributed by atoms with Gasteiger partial charge in [-0.15, -0.1) is 0 Å². The summed E-state index contributed by atoms with van der Waals surface area (Å²) >= 11 is 0. The molecule has 0 fully saturated rings. The van der Waals surface area contributed by atoms with Crippen LogP contribution < -0.4 is 5.32 Å². The molecule has 1 amide bonds. The number of hydrogen-bond donors (Lipinski definition) is 3. The van der Waals surface area contributed by atoms with Crippen LogP contribution in [0.2, 0.25) is 0 Å².